The van der Waals surface area contributed by atoms with Crippen molar-refractivity contribution in [3.8, 4) is 0 Å². The van der Waals surface area contributed by atoms with Gasteiger partial charge in [-0.15, -0.1) is 0 Å². The van der Waals surface area contributed by atoms with Crippen molar-refractivity contribution in [3.63, 3.8) is 0 Å². The average Bonchev–Trinajstić information content (AvgIpc) is 3.01. The van der Waals surface area contributed by atoms with Crippen LogP contribution in [0, 0.1) is 24.0 Å². The number of rotatable bonds is 4. The third kappa shape index (κ3) is 3.93. The van der Waals surface area contributed by atoms with Gasteiger partial charge in [0.1, 0.15) is 0 Å². The van der Waals surface area contributed by atoms with Crippen LogP contribution in [0.5, 0.6) is 0 Å². The Hall–Kier alpha value is -2.83. The monoisotopic (exact) mass is 413 g/mol. The highest BCUT2D eigenvalue weighted by atomic mass is 19.2. The molecule has 0 aliphatic carbocycles. The van der Waals surface area contributed by atoms with E-state index >= 15 is 0 Å². The first-order chi connectivity index (χ1) is 14.4. The maximum atomic E-state index is 14.0. The van der Waals surface area contributed by atoms with E-state index in [-0.39, 0.29) is 23.8 Å². The Bertz CT molecular complexity index is 981. The third-order valence-corrected chi connectivity index (χ3v) is 6.20. The molecule has 158 valence electrons. The summed E-state index contributed by atoms with van der Waals surface area (Å²) in [6, 6.07) is 9.62. The lowest BCUT2D eigenvalue weighted by Gasteiger charge is -2.39. The van der Waals surface area contributed by atoms with E-state index in [9.17, 15) is 18.4 Å². The zero-order valence-corrected chi connectivity index (χ0v) is 17.0. The maximum absolute atomic E-state index is 14.0. The third-order valence-electron chi connectivity index (χ3n) is 6.20. The molecule has 7 heteroatoms. The van der Waals surface area contributed by atoms with Crippen molar-refractivity contribution in [1.82, 2.24) is 14.8 Å². The van der Waals surface area contributed by atoms with Crippen LogP contribution in [0.2, 0.25) is 0 Å². The number of benzene rings is 1. The van der Waals surface area contributed by atoms with Gasteiger partial charge in [-0.1, -0.05) is 18.2 Å². The lowest BCUT2D eigenvalue weighted by molar-refractivity contribution is -0.143. The van der Waals surface area contributed by atoms with Gasteiger partial charge in [0, 0.05) is 30.9 Å². The average molecular weight is 413 g/mol. The first kappa shape index (κ1) is 20.4. The number of aromatic nitrogens is 1. The Morgan fingerprint density at radius 1 is 1.13 bits per heavy atom. The molecule has 2 amide bonds. The number of hydrogen-bond donors (Lipinski definition) is 0. The molecule has 1 aromatic carbocycles. The predicted molar refractivity (Wildman–Crippen MR) is 107 cm³/mol. The predicted octanol–water partition coefficient (Wildman–Crippen LogP) is 3.25. The lowest BCUT2D eigenvalue weighted by Crippen LogP contribution is -2.50. The van der Waals surface area contributed by atoms with E-state index in [1.807, 2.05) is 30.0 Å². The van der Waals surface area contributed by atoms with Crippen LogP contribution in [0.1, 0.15) is 36.2 Å². The fourth-order valence-electron chi connectivity index (χ4n) is 4.61. The van der Waals surface area contributed by atoms with Gasteiger partial charge in [-0.3, -0.25) is 14.6 Å². The number of aryl methyl sites for hydroxylation is 1. The summed E-state index contributed by atoms with van der Waals surface area (Å²) in [5.74, 6) is -2.15. The number of carbonyl (C=O) groups is 2. The van der Waals surface area contributed by atoms with Gasteiger partial charge < -0.3 is 9.80 Å². The Kier molecular flexibility index (Phi) is 5.54. The molecule has 0 N–H and O–H groups in total. The van der Waals surface area contributed by atoms with E-state index in [1.165, 1.54) is 12.1 Å². The van der Waals surface area contributed by atoms with Crippen LogP contribution in [-0.2, 0) is 22.6 Å². The topological polar surface area (TPSA) is 53.5 Å². The molecular formula is C23H25F2N3O2. The first-order valence-electron chi connectivity index (χ1n) is 10.3. The summed E-state index contributed by atoms with van der Waals surface area (Å²) >= 11 is 0. The van der Waals surface area contributed by atoms with Crippen molar-refractivity contribution >= 4 is 11.8 Å². The molecule has 4 rings (SSSR count). The van der Waals surface area contributed by atoms with Gasteiger partial charge in [0.15, 0.2) is 11.6 Å². The smallest absolute Gasteiger partial charge is 0.231 e. The van der Waals surface area contributed by atoms with Gasteiger partial charge >= 0.3 is 0 Å². The number of halogens is 2. The standard InChI is InChI=1S/C23H25F2N3O2/c1-16-5-2-7-18(26-16)14-27-12-10-23(22(27)30)9-4-11-28(15-23)20(29)13-17-6-3-8-19(24)21(17)25/h2-3,5-8H,4,9-15H2,1H3/t23-/m1/s1. The first-order valence-corrected chi connectivity index (χ1v) is 10.3. The van der Waals surface area contributed by atoms with Crippen molar-refractivity contribution in [2.75, 3.05) is 19.6 Å². The van der Waals surface area contributed by atoms with Crippen LogP contribution >= 0.6 is 0 Å². The summed E-state index contributed by atoms with van der Waals surface area (Å²) in [6.45, 7) is 3.88. The van der Waals surface area contributed by atoms with Crippen molar-refractivity contribution < 1.29 is 18.4 Å². The summed E-state index contributed by atoms with van der Waals surface area (Å²) in [6.07, 6.45) is 1.95. The van der Waals surface area contributed by atoms with Gasteiger partial charge in [-0.05, 0) is 44.4 Å². The highest BCUT2D eigenvalue weighted by Gasteiger charge is 2.49. The Morgan fingerprint density at radius 3 is 2.73 bits per heavy atom. The van der Waals surface area contributed by atoms with Crippen LogP contribution in [0.25, 0.3) is 0 Å². The van der Waals surface area contributed by atoms with Crippen molar-refractivity contribution in [2.45, 2.75) is 39.2 Å². The van der Waals surface area contributed by atoms with Gasteiger partial charge in [0.05, 0.1) is 24.1 Å². The number of nitrogens with zero attached hydrogens (tertiary/aromatic N) is 3. The second-order valence-electron chi connectivity index (χ2n) is 8.34. The van der Waals surface area contributed by atoms with E-state index in [2.05, 4.69) is 4.98 Å². The van der Waals surface area contributed by atoms with Gasteiger partial charge in [0.25, 0.3) is 0 Å². The van der Waals surface area contributed by atoms with Gasteiger partial charge in [0.2, 0.25) is 11.8 Å². The van der Waals surface area contributed by atoms with Gasteiger partial charge in [-0.2, -0.15) is 0 Å². The Labute approximate surface area is 174 Å². The number of piperidine rings is 1. The van der Waals surface area contributed by atoms with Crippen molar-refractivity contribution in [3.05, 3.63) is 65.0 Å². The molecular weight excluding hydrogens is 388 g/mol. The summed E-state index contributed by atoms with van der Waals surface area (Å²) in [7, 11) is 0. The maximum Gasteiger partial charge on any atom is 0.231 e. The van der Waals surface area contributed by atoms with E-state index in [0.717, 1.165) is 30.3 Å². The number of carbonyl (C=O) groups excluding carboxylic acids is 2. The fourth-order valence-corrected chi connectivity index (χ4v) is 4.61. The SMILES string of the molecule is Cc1cccc(CN2CC[C@@]3(CCCN(C(=O)Cc4cccc(F)c4F)C3)C2=O)n1. The minimum Gasteiger partial charge on any atom is -0.341 e. The second-order valence-corrected chi connectivity index (χ2v) is 8.34. The number of amides is 2. The Balaban J connectivity index is 1.44. The molecule has 2 fully saturated rings. The summed E-state index contributed by atoms with van der Waals surface area (Å²) in [4.78, 5) is 34.0. The lowest BCUT2D eigenvalue weighted by atomic mass is 9.78. The van der Waals surface area contributed by atoms with Crippen LogP contribution in [0.3, 0.4) is 0 Å². The van der Waals surface area contributed by atoms with E-state index in [0.29, 0.717) is 32.6 Å². The Morgan fingerprint density at radius 2 is 1.93 bits per heavy atom. The molecule has 1 atom stereocenters. The fraction of sp³-hybridized carbons (Fsp3) is 0.435. The molecule has 1 spiro atoms. The zero-order valence-electron chi connectivity index (χ0n) is 17.0. The van der Waals surface area contributed by atoms with E-state index in [4.69, 9.17) is 0 Å². The van der Waals surface area contributed by atoms with Crippen LogP contribution in [0.15, 0.2) is 36.4 Å². The number of likely N-dealkylation sites (tertiary alicyclic amines) is 2. The molecule has 0 unspecified atom stereocenters. The van der Waals surface area contributed by atoms with Crippen molar-refractivity contribution in [2.24, 2.45) is 5.41 Å². The summed E-state index contributed by atoms with van der Waals surface area (Å²) in [5, 5.41) is 0. The van der Waals surface area contributed by atoms with Crippen LogP contribution < -0.4 is 0 Å². The molecule has 0 radical (unpaired) electrons. The summed E-state index contributed by atoms with van der Waals surface area (Å²) in [5.41, 5.74) is 1.22. The molecule has 2 aliphatic heterocycles. The minimum absolute atomic E-state index is 0.0459. The highest BCUT2D eigenvalue weighted by molar-refractivity contribution is 5.87. The number of hydrogen-bond acceptors (Lipinski definition) is 3. The van der Waals surface area contributed by atoms with Gasteiger partial charge in [-0.25, -0.2) is 8.78 Å². The van der Waals surface area contributed by atoms with Crippen LogP contribution in [0.4, 0.5) is 8.78 Å². The second kappa shape index (κ2) is 8.13. The molecule has 0 saturated carbocycles. The molecule has 5 nitrogen and oxygen atoms in total. The normalized spacial score (nSPS) is 21.5. The summed E-state index contributed by atoms with van der Waals surface area (Å²) < 4.78 is 27.4. The molecule has 1 aromatic heterocycles. The highest BCUT2D eigenvalue weighted by Crippen LogP contribution is 2.40. The molecule has 3 heterocycles. The quantitative estimate of drug-likeness (QED) is 0.773. The molecule has 2 saturated heterocycles. The zero-order chi connectivity index (χ0) is 21.3. The van der Waals surface area contributed by atoms with E-state index < -0.39 is 17.0 Å². The minimum atomic E-state index is -0.980. The number of pyridine rings is 1. The molecule has 2 aromatic rings. The van der Waals surface area contributed by atoms with Crippen LogP contribution in [-0.4, -0.2) is 46.2 Å². The molecule has 30 heavy (non-hydrogen) atoms. The molecule has 2 aliphatic rings. The molecule has 0 bridgehead atoms. The van der Waals surface area contributed by atoms with E-state index in [1.54, 1.807) is 4.90 Å². The van der Waals surface area contributed by atoms with Crippen molar-refractivity contribution in [1.29, 1.82) is 0 Å². The largest absolute Gasteiger partial charge is 0.341 e.